The molecule has 0 spiro atoms. The third-order valence-electron chi connectivity index (χ3n) is 5.57. The van der Waals surface area contributed by atoms with Crippen molar-refractivity contribution < 1.29 is 9.90 Å². The fourth-order valence-corrected chi connectivity index (χ4v) is 4.89. The molecule has 0 aromatic heterocycles. The van der Waals surface area contributed by atoms with E-state index in [1.807, 2.05) is 0 Å². The van der Waals surface area contributed by atoms with E-state index in [0.29, 0.717) is 6.04 Å². The molecule has 2 rings (SSSR count). The fraction of sp³-hybridized carbons (Fsp3) is 0.824. The molecule has 1 aliphatic heterocycles. The highest BCUT2D eigenvalue weighted by molar-refractivity contribution is 5.71. The first-order chi connectivity index (χ1) is 9.15. The minimum Gasteiger partial charge on any atom is -0.481 e. The van der Waals surface area contributed by atoms with Crippen LogP contribution in [-0.2, 0) is 4.79 Å². The molecule has 2 aliphatic rings. The smallest absolute Gasteiger partial charge is 0.306 e. The minimum absolute atomic E-state index is 0.0261. The number of likely N-dealkylation sites (tertiary alicyclic amines) is 1. The molecule has 0 amide bonds. The molecule has 1 heterocycles. The molecule has 3 heteroatoms. The number of nitrogens with zero attached hydrogens (tertiary/aromatic N) is 1. The first kappa shape index (κ1) is 15.6. The standard InChI is InChI=1S/C17H29NO2/c1-7-17(11(2)3)10-13-12(15(19)20)8-9-14(13)18(17)16(4,5)6/h12-14H,2,7-10H2,1,3-6H3,(H,19,20). The zero-order valence-electron chi connectivity index (χ0n) is 13.6. The highest BCUT2D eigenvalue weighted by atomic mass is 16.4. The van der Waals surface area contributed by atoms with Gasteiger partial charge in [0.2, 0.25) is 0 Å². The van der Waals surface area contributed by atoms with Crippen LogP contribution in [0.25, 0.3) is 0 Å². The Hall–Kier alpha value is -0.830. The lowest BCUT2D eigenvalue weighted by Crippen LogP contribution is -2.56. The maximum atomic E-state index is 11.5. The van der Waals surface area contributed by atoms with E-state index in [2.05, 4.69) is 46.1 Å². The highest BCUT2D eigenvalue weighted by Gasteiger charge is 2.59. The van der Waals surface area contributed by atoms with Crippen molar-refractivity contribution >= 4 is 5.97 Å². The van der Waals surface area contributed by atoms with Crippen LogP contribution >= 0.6 is 0 Å². The first-order valence-electron chi connectivity index (χ1n) is 7.83. The van der Waals surface area contributed by atoms with Gasteiger partial charge in [-0.25, -0.2) is 0 Å². The van der Waals surface area contributed by atoms with Crippen molar-refractivity contribution in [3.63, 3.8) is 0 Å². The quantitative estimate of drug-likeness (QED) is 0.801. The summed E-state index contributed by atoms with van der Waals surface area (Å²) >= 11 is 0. The molecular formula is C17H29NO2. The summed E-state index contributed by atoms with van der Waals surface area (Å²) in [6, 6.07) is 0.396. The number of rotatable bonds is 3. The molecule has 2 fully saturated rings. The minimum atomic E-state index is -0.611. The Kier molecular flexibility index (Phi) is 3.79. The van der Waals surface area contributed by atoms with Gasteiger partial charge in [-0.15, -0.1) is 0 Å². The summed E-state index contributed by atoms with van der Waals surface area (Å²) in [4.78, 5) is 14.1. The largest absolute Gasteiger partial charge is 0.481 e. The van der Waals surface area contributed by atoms with E-state index in [0.717, 1.165) is 25.7 Å². The van der Waals surface area contributed by atoms with E-state index in [4.69, 9.17) is 0 Å². The van der Waals surface area contributed by atoms with E-state index >= 15 is 0 Å². The van der Waals surface area contributed by atoms with Gasteiger partial charge in [0.1, 0.15) is 0 Å². The number of fused-ring (bicyclic) bond motifs is 1. The van der Waals surface area contributed by atoms with Gasteiger partial charge in [0.25, 0.3) is 0 Å². The molecule has 1 saturated heterocycles. The topological polar surface area (TPSA) is 40.5 Å². The van der Waals surface area contributed by atoms with E-state index in [1.54, 1.807) is 0 Å². The molecule has 1 aliphatic carbocycles. The SMILES string of the molecule is C=C(C)C1(CC)CC2C(C(=O)O)CCC2N1C(C)(C)C. The Balaban J connectivity index is 2.45. The predicted octanol–water partition coefficient (Wildman–Crippen LogP) is 3.69. The molecule has 4 atom stereocenters. The predicted molar refractivity (Wildman–Crippen MR) is 81.7 cm³/mol. The molecule has 0 aromatic carbocycles. The second-order valence-corrected chi connectivity index (χ2v) is 7.66. The Labute approximate surface area is 123 Å². The van der Waals surface area contributed by atoms with Crippen LogP contribution in [-0.4, -0.2) is 33.1 Å². The summed E-state index contributed by atoms with van der Waals surface area (Å²) in [6.07, 6.45) is 3.80. The second kappa shape index (κ2) is 4.87. The van der Waals surface area contributed by atoms with Crippen molar-refractivity contribution in [2.24, 2.45) is 11.8 Å². The molecular weight excluding hydrogens is 250 g/mol. The molecule has 20 heavy (non-hydrogen) atoms. The van der Waals surface area contributed by atoms with Crippen molar-refractivity contribution in [1.82, 2.24) is 4.90 Å². The van der Waals surface area contributed by atoms with Gasteiger partial charge >= 0.3 is 5.97 Å². The number of carboxylic acids is 1. The Morgan fingerprint density at radius 2 is 2.00 bits per heavy atom. The number of hydrogen-bond acceptors (Lipinski definition) is 2. The van der Waals surface area contributed by atoms with Crippen LogP contribution in [0, 0.1) is 11.8 Å². The number of carbonyl (C=O) groups is 1. The van der Waals surface area contributed by atoms with E-state index in [9.17, 15) is 9.90 Å². The summed E-state index contributed by atoms with van der Waals surface area (Å²) in [7, 11) is 0. The molecule has 0 bridgehead atoms. The Bertz CT molecular complexity index is 423. The number of aliphatic carboxylic acids is 1. The summed E-state index contributed by atoms with van der Waals surface area (Å²) in [5.74, 6) is -0.499. The number of hydrogen-bond donors (Lipinski definition) is 1. The summed E-state index contributed by atoms with van der Waals surface area (Å²) in [5, 5.41) is 9.49. The third kappa shape index (κ3) is 2.11. The van der Waals surface area contributed by atoms with E-state index in [-0.39, 0.29) is 22.9 Å². The summed E-state index contributed by atoms with van der Waals surface area (Å²) < 4.78 is 0. The van der Waals surface area contributed by atoms with Gasteiger partial charge < -0.3 is 5.11 Å². The Morgan fingerprint density at radius 1 is 1.40 bits per heavy atom. The Morgan fingerprint density at radius 3 is 2.40 bits per heavy atom. The summed E-state index contributed by atoms with van der Waals surface area (Å²) in [5.41, 5.74) is 1.21. The van der Waals surface area contributed by atoms with Gasteiger partial charge in [0, 0.05) is 17.1 Å². The highest BCUT2D eigenvalue weighted by Crippen LogP contribution is 2.55. The summed E-state index contributed by atoms with van der Waals surface area (Å²) in [6.45, 7) is 15.3. The van der Waals surface area contributed by atoms with Gasteiger partial charge in [-0.2, -0.15) is 0 Å². The normalized spacial score (nSPS) is 38.0. The van der Waals surface area contributed by atoms with E-state index in [1.165, 1.54) is 5.57 Å². The van der Waals surface area contributed by atoms with Crippen molar-refractivity contribution in [2.45, 2.75) is 77.4 Å². The van der Waals surface area contributed by atoms with Gasteiger partial charge in [0.15, 0.2) is 0 Å². The molecule has 0 radical (unpaired) electrons. The molecule has 0 aromatic rings. The lowest BCUT2D eigenvalue weighted by atomic mass is 9.79. The van der Waals surface area contributed by atoms with Gasteiger partial charge in [-0.3, -0.25) is 9.69 Å². The first-order valence-corrected chi connectivity index (χ1v) is 7.83. The van der Waals surface area contributed by atoms with Crippen LogP contribution in [0.4, 0.5) is 0 Å². The lowest BCUT2D eigenvalue weighted by molar-refractivity contribution is -0.143. The lowest BCUT2D eigenvalue weighted by Gasteiger charge is -2.49. The van der Waals surface area contributed by atoms with Crippen LogP contribution in [0.1, 0.15) is 60.3 Å². The van der Waals surface area contributed by atoms with Crippen molar-refractivity contribution in [1.29, 1.82) is 0 Å². The van der Waals surface area contributed by atoms with Crippen LogP contribution in [0.2, 0.25) is 0 Å². The monoisotopic (exact) mass is 279 g/mol. The van der Waals surface area contributed by atoms with Crippen molar-refractivity contribution in [3.05, 3.63) is 12.2 Å². The maximum Gasteiger partial charge on any atom is 0.306 e. The molecule has 1 N–H and O–H groups in total. The average molecular weight is 279 g/mol. The van der Waals surface area contributed by atoms with Gasteiger partial charge in [0.05, 0.1) is 5.92 Å². The average Bonchev–Trinajstić information content (AvgIpc) is 2.81. The van der Waals surface area contributed by atoms with Crippen LogP contribution in [0.15, 0.2) is 12.2 Å². The second-order valence-electron chi connectivity index (χ2n) is 7.66. The van der Waals surface area contributed by atoms with Crippen molar-refractivity contribution in [2.75, 3.05) is 0 Å². The fourth-order valence-electron chi connectivity index (χ4n) is 4.89. The molecule has 3 nitrogen and oxygen atoms in total. The van der Waals surface area contributed by atoms with Gasteiger partial charge in [-0.1, -0.05) is 19.1 Å². The number of carboxylic acid groups (broad SMARTS) is 1. The van der Waals surface area contributed by atoms with Crippen molar-refractivity contribution in [3.8, 4) is 0 Å². The third-order valence-corrected chi connectivity index (χ3v) is 5.57. The van der Waals surface area contributed by atoms with Crippen LogP contribution in [0.3, 0.4) is 0 Å². The van der Waals surface area contributed by atoms with E-state index < -0.39 is 5.97 Å². The van der Waals surface area contributed by atoms with Crippen LogP contribution < -0.4 is 0 Å². The maximum absolute atomic E-state index is 11.5. The molecule has 4 unspecified atom stereocenters. The van der Waals surface area contributed by atoms with Gasteiger partial charge in [-0.05, 0) is 59.3 Å². The molecule has 114 valence electrons. The zero-order chi connectivity index (χ0) is 15.3. The zero-order valence-corrected chi connectivity index (χ0v) is 13.6. The molecule has 1 saturated carbocycles. The van der Waals surface area contributed by atoms with Crippen LogP contribution in [0.5, 0.6) is 0 Å².